The lowest BCUT2D eigenvalue weighted by Crippen LogP contribution is -2.41. The quantitative estimate of drug-likeness (QED) is 0.796. The zero-order valence-electron chi connectivity index (χ0n) is 16.2. The van der Waals surface area contributed by atoms with E-state index in [1.165, 1.54) is 0 Å². The number of nitrogens with one attached hydrogen (secondary N) is 1. The van der Waals surface area contributed by atoms with Crippen LogP contribution in [0.1, 0.15) is 37.4 Å². The van der Waals surface area contributed by atoms with Crippen LogP contribution in [-0.4, -0.2) is 35.1 Å². The lowest BCUT2D eigenvalue weighted by atomic mass is 9.90. The first kappa shape index (κ1) is 19.7. The van der Waals surface area contributed by atoms with Gasteiger partial charge in [0.15, 0.2) is 0 Å². The van der Waals surface area contributed by atoms with Crippen LogP contribution < -0.4 is 10.1 Å². The molecule has 148 valence electrons. The highest BCUT2D eigenvalue weighted by molar-refractivity contribution is 5.79. The Bertz CT molecular complexity index is 839. The van der Waals surface area contributed by atoms with Crippen LogP contribution in [0.2, 0.25) is 0 Å². The van der Waals surface area contributed by atoms with Crippen LogP contribution in [-0.2, 0) is 11.4 Å². The Morgan fingerprint density at radius 2 is 1.86 bits per heavy atom. The first-order valence-electron chi connectivity index (χ1n) is 9.43. The Balaban J connectivity index is 1.64. The molecule has 2 amide bonds. The van der Waals surface area contributed by atoms with Crippen LogP contribution in [0, 0.1) is 5.41 Å². The number of hydrogen-bond donors (Lipinski definition) is 2. The highest BCUT2D eigenvalue weighted by Crippen LogP contribution is 2.31. The summed E-state index contributed by atoms with van der Waals surface area (Å²) in [5, 5.41) is 12.3. The van der Waals surface area contributed by atoms with Gasteiger partial charge >= 0.3 is 12.0 Å². The monoisotopic (exact) mass is 382 g/mol. The fraction of sp³-hybridized carbons (Fsp3) is 0.364. The van der Waals surface area contributed by atoms with E-state index in [1.807, 2.05) is 61.5 Å². The molecule has 1 fully saturated rings. The summed E-state index contributed by atoms with van der Waals surface area (Å²) in [6.45, 7) is 4.68. The minimum absolute atomic E-state index is 0.215. The molecule has 0 saturated carbocycles. The molecule has 0 bridgehead atoms. The zero-order chi connectivity index (χ0) is 20.1. The van der Waals surface area contributed by atoms with Gasteiger partial charge in [0.05, 0.1) is 11.5 Å². The van der Waals surface area contributed by atoms with Crippen LogP contribution in [0.15, 0.2) is 54.6 Å². The van der Waals surface area contributed by atoms with E-state index in [0.717, 1.165) is 16.9 Å². The Labute approximate surface area is 165 Å². The second-order valence-electron chi connectivity index (χ2n) is 7.52. The third-order valence-electron chi connectivity index (χ3n) is 5.24. The van der Waals surface area contributed by atoms with Crippen LogP contribution >= 0.6 is 0 Å². The number of hydrogen-bond acceptors (Lipinski definition) is 3. The summed E-state index contributed by atoms with van der Waals surface area (Å²) in [5.41, 5.74) is 1.07. The van der Waals surface area contributed by atoms with Crippen molar-refractivity contribution in [2.45, 2.75) is 32.9 Å². The highest BCUT2D eigenvalue weighted by Gasteiger charge is 2.42. The minimum atomic E-state index is -0.878. The van der Waals surface area contributed by atoms with E-state index in [4.69, 9.17) is 4.74 Å². The number of nitrogens with zero attached hydrogens (tertiary/aromatic N) is 1. The lowest BCUT2D eigenvalue weighted by Gasteiger charge is -2.24. The number of carbonyl (C=O) groups excluding carboxylic acids is 1. The Morgan fingerprint density at radius 3 is 2.54 bits per heavy atom. The molecule has 0 aromatic heterocycles. The number of carboxylic acids is 1. The number of para-hydroxylation sites is 1. The molecule has 1 heterocycles. The average Bonchev–Trinajstić information content (AvgIpc) is 3.11. The second-order valence-corrected chi connectivity index (χ2v) is 7.52. The topological polar surface area (TPSA) is 78.9 Å². The van der Waals surface area contributed by atoms with E-state index in [9.17, 15) is 14.7 Å². The Kier molecular flexibility index (Phi) is 5.87. The molecule has 0 radical (unpaired) electrons. The van der Waals surface area contributed by atoms with Gasteiger partial charge in [0.2, 0.25) is 0 Å². The number of ether oxygens (including phenoxy) is 1. The van der Waals surface area contributed by atoms with E-state index in [0.29, 0.717) is 19.6 Å². The van der Waals surface area contributed by atoms with Gasteiger partial charge in [-0.25, -0.2) is 4.79 Å². The molecule has 2 aromatic carbocycles. The van der Waals surface area contributed by atoms with Gasteiger partial charge in [-0.1, -0.05) is 48.5 Å². The standard InChI is InChI=1S/C22H26N2O4/c1-16(23-21(27)24-13-12-22(2,15-24)20(25)26)18-10-6-7-11-19(18)28-14-17-8-4-3-5-9-17/h3-11,16H,12-15H2,1-2H3,(H,23,27)(H,25,26)/t16-,22?/m1/s1. The predicted octanol–water partition coefficient (Wildman–Crippen LogP) is 3.83. The number of benzene rings is 2. The van der Waals surface area contributed by atoms with E-state index in [-0.39, 0.29) is 18.6 Å². The molecular weight excluding hydrogens is 356 g/mol. The molecule has 3 rings (SSSR count). The molecule has 6 heteroatoms. The van der Waals surface area contributed by atoms with Gasteiger partial charge in [0.1, 0.15) is 12.4 Å². The van der Waals surface area contributed by atoms with Crippen molar-refractivity contribution in [1.82, 2.24) is 10.2 Å². The second kappa shape index (κ2) is 8.33. The summed E-state index contributed by atoms with van der Waals surface area (Å²) in [5.74, 6) is -0.147. The summed E-state index contributed by atoms with van der Waals surface area (Å²) in [6, 6.07) is 17.0. The molecule has 2 N–H and O–H groups in total. The maximum atomic E-state index is 12.6. The minimum Gasteiger partial charge on any atom is -0.489 e. The smallest absolute Gasteiger partial charge is 0.317 e. The molecule has 1 saturated heterocycles. The van der Waals surface area contributed by atoms with Crippen LogP contribution in [0.3, 0.4) is 0 Å². The lowest BCUT2D eigenvalue weighted by molar-refractivity contribution is -0.147. The molecule has 28 heavy (non-hydrogen) atoms. The first-order chi connectivity index (χ1) is 13.4. The number of carbonyl (C=O) groups is 2. The van der Waals surface area contributed by atoms with Gasteiger partial charge in [0.25, 0.3) is 0 Å². The number of carboxylic acid groups (broad SMARTS) is 1. The van der Waals surface area contributed by atoms with Crippen molar-refractivity contribution >= 4 is 12.0 Å². The highest BCUT2D eigenvalue weighted by atomic mass is 16.5. The number of amides is 2. The summed E-state index contributed by atoms with van der Waals surface area (Å²) < 4.78 is 5.97. The van der Waals surface area contributed by atoms with Crippen molar-refractivity contribution in [3.05, 3.63) is 65.7 Å². The number of likely N-dealkylation sites (tertiary alicyclic amines) is 1. The SMILES string of the molecule is C[C@@H](NC(=O)N1CCC(C)(C(=O)O)C1)c1ccccc1OCc1ccccc1. The number of aliphatic carboxylic acids is 1. The third-order valence-corrected chi connectivity index (χ3v) is 5.24. The molecule has 6 nitrogen and oxygen atoms in total. The third kappa shape index (κ3) is 4.44. The van der Waals surface area contributed by atoms with E-state index < -0.39 is 11.4 Å². The predicted molar refractivity (Wildman–Crippen MR) is 106 cm³/mol. The fourth-order valence-electron chi connectivity index (χ4n) is 3.37. The van der Waals surface area contributed by atoms with Gasteiger partial charge in [-0.2, -0.15) is 0 Å². The molecule has 2 atom stereocenters. The summed E-state index contributed by atoms with van der Waals surface area (Å²) in [4.78, 5) is 25.6. The van der Waals surface area contributed by atoms with Crippen molar-refractivity contribution in [2.75, 3.05) is 13.1 Å². The maximum Gasteiger partial charge on any atom is 0.317 e. The van der Waals surface area contributed by atoms with E-state index >= 15 is 0 Å². The molecule has 1 unspecified atom stereocenters. The van der Waals surface area contributed by atoms with Gasteiger partial charge in [-0.15, -0.1) is 0 Å². The van der Waals surface area contributed by atoms with Crippen molar-refractivity contribution < 1.29 is 19.4 Å². The van der Waals surface area contributed by atoms with Crippen LogP contribution in [0.25, 0.3) is 0 Å². The first-order valence-corrected chi connectivity index (χ1v) is 9.43. The molecule has 1 aliphatic heterocycles. The van der Waals surface area contributed by atoms with E-state index in [1.54, 1.807) is 11.8 Å². The average molecular weight is 382 g/mol. The van der Waals surface area contributed by atoms with Crippen LogP contribution in [0.4, 0.5) is 4.79 Å². The van der Waals surface area contributed by atoms with Gasteiger partial charge in [0, 0.05) is 18.7 Å². The van der Waals surface area contributed by atoms with Gasteiger partial charge in [-0.05, 0) is 31.9 Å². The summed E-state index contributed by atoms with van der Waals surface area (Å²) in [6.07, 6.45) is 0.459. The molecule has 2 aromatic rings. The maximum absolute atomic E-state index is 12.6. The number of urea groups is 1. The van der Waals surface area contributed by atoms with Gasteiger partial charge < -0.3 is 20.1 Å². The Hall–Kier alpha value is -3.02. The van der Waals surface area contributed by atoms with Crippen molar-refractivity contribution in [1.29, 1.82) is 0 Å². The summed E-state index contributed by atoms with van der Waals surface area (Å²) in [7, 11) is 0. The Morgan fingerprint density at radius 1 is 1.18 bits per heavy atom. The molecule has 0 spiro atoms. The van der Waals surface area contributed by atoms with Crippen LogP contribution in [0.5, 0.6) is 5.75 Å². The van der Waals surface area contributed by atoms with Gasteiger partial charge in [-0.3, -0.25) is 4.79 Å². The molecule has 1 aliphatic rings. The van der Waals surface area contributed by atoms with Crippen molar-refractivity contribution in [3.63, 3.8) is 0 Å². The zero-order valence-corrected chi connectivity index (χ0v) is 16.2. The van der Waals surface area contributed by atoms with Crippen molar-refractivity contribution in [2.24, 2.45) is 5.41 Å². The van der Waals surface area contributed by atoms with Crippen molar-refractivity contribution in [3.8, 4) is 5.75 Å². The van der Waals surface area contributed by atoms with E-state index in [2.05, 4.69) is 5.32 Å². The largest absolute Gasteiger partial charge is 0.489 e. The molecule has 0 aliphatic carbocycles. The summed E-state index contributed by atoms with van der Waals surface area (Å²) >= 11 is 0. The fourth-order valence-corrected chi connectivity index (χ4v) is 3.37. The normalized spacial score (nSPS) is 19.9. The number of rotatable bonds is 6. The molecular formula is C22H26N2O4.